The normalized spacial score (nSPS) is 11.4. The summed E-state index contributed by atoms with van der Waals surface area (Å²) in [5.41, 5.74) is 3.76. The monoisotopic (exact) mass is 1550 g/mol. The highest BCUT2D eigenvalue weighted by atomic mass is 35.5. The lowest BCUT2D eigenvalue weighted by Crippen LogP contribution is -2.07. The zero-order valence-corrected chi connectivity index (χ0v) is 73.2. The number of unbranched alkanes of at least 4 members (excludes halogenated alkanes) is 54. The Bertz CT molecular complexity index is 2570. The molecule has 0 amide bonds. The molecule has 0 aliphatic heterocycles. The highest BCUT2D eigenvalue weighted by molar-refractivity contribution is 6.17. The largest absolute Gasteiger partial charge is 0.490 e. The minimum Gasteiger partial charge on any atom is -0.490 e. The van der Waals surface area contributed by atoms with Gasteiger partial charge in [-0.05, 0) is 109 Å². The summed E-state index contributed by atoms with van der Waals surface area (Å²) >= 11 is 6.85. The van der Waals surface area contributed by atoms with Gasteiger partial charge >= 0.3 is 0 Å². The molecule has 0 saturated heterocycles. The summed E-state index contributed by atoms with van der Waals surface area (Å²) in [6, 6.07) is 22.9. The van der Waals surface area contributed by atoms with Gasteiger partial charge in [-0.1, -0.05) is 406 Å². The van der Waals surface area contributed by atoms with Gasteiger partial charge in [-0.15, -0.1) is 11.6 Å². The molecular formula is C100H169ClO9. The SMILES string of the molecule is CCCCCCCCCCCCOc1ccc(COc2cc(CCl)cc(OCc3ccc(OCCCCCCCCCCCC)c(OCCCCCCCCCCCC)c3)c2OCc2ccc(OCCCCCCCCCCCC)c(OCCCCCCCCCCCC)c2)cc1OCCCCCCCCCCCC. The summed E-state index contributed by atoms with van der Waals surface area (Å²) in [5, 5.41) is 0. The summed E-state index contributed by atoms with van der Waals surface area (Å²) in [7, 11) is 0. The van der Waals surface area contributed by atoms with Crippen LogP contribution in [0, 0.1) is 0 Å². The van der Waals surface area contributed by atoms with E-state index in [1.807, 2.05) is 12.1 Å². The molecule has 0 fully saturated rings. The fourth-order valence-electron chi connectivity index (χ4n) is 14.8. The second-order valence-corrected chi connectivity index (χ2v) is 32.7. The van der Waals surface area contributed by atoms with Crippen molar-refractivity contribution >= 4 is 11.6 Å². The third-order valence-corrected chi connectivity index (χ3v) is 22.3. The lowest BCUT2D eigenvalue weighted by Gasteiger charge is -2.20. The molecule has 0 N–H and O–H groups in total. The third-order valence-electron chi connectivity index (χ3n) is 22.0. The predicted molar refractivity (Wildman–Crippen MR) is 472 cm³/mol. The first kappa shape index (κ1) is 97.7. The second-order valence-electron chi connectivity index (χ2n) is 32.4. The average Bonchev–Trinajstić information content (AvgIpc) is 0.815. The Kier molecular flexibility index (Phi) is 64.1. The van der Waals surface area contributed by atoms with Crippen molar-refractivity contribution in [2.45, 2.75) is 452 Å². The van der Waals surface area contributed by atoms with E-state index in [0.29, 0.717) is 56.9 Å². The van der Waals surface area contributed by atoms with Gasteiger partial charge < -0.3 is 42.6 Å². The lowest BCUT2D eigenvalue weighted by atomic mass is 10.1. The van der Waals surface area contributed by atoms with Crippen molar-refractivity contribution in [3.8, 4) is 51.7 Å². The second kappa shape index (κ2) is 72.1. The maximum atomic E-state index is 7.07. The first-order valence-electron chi connectivity index (χ1n) is 47.2. The molecule has 630 valence electrons. The first-order chi connectivity index (χ1) is 54.5. The van der Waals surface area contributed by atoms with Crippen molar-refractivity contribution in [3.63, 3.8) is 0 Å². The van der Waals surface area contributed by atoms with Crippen LogP contribution in [0.4, 0.5) is 0 Å². The van der Waals surface area contributed by atoms with Crippen LogP contribution in [0.15, 0.2) is 66.7 Å². The molecule has 0 spiro atoms. The van der Waals surface area contributed by atoms with Gasteiger partial charge in [0.15, 0.2) is 46.0 Å². The number of ether oxygens (including phenoxy) is 9. The van der Waals surface area contributed by atoms with Gasteiger partial charge in [0.25, 0.3) is 0 Å². The Labute approximate surface area is 683 Å². The number of benzene rings is 4. The van der Waals surface area contributed by atoms with Crippen LogP contribution >= 0.6 is 11.6 Å². The third kappa shape index (κ3) is 51.3. The molecule has 0 unspecified atom stereocenters. The van der Waals surface area contributed by atoms with Crippen molar-refractivity contribution in [1.29, 1.82) is 0 Å². The minimum absolute atomic E-state index is 0.240. The minimum atomic E-state index is 0.240. The van der Waals surface area contributed by atoms with E-state index in [1.54, 1.807) is 0 Å². The highest BCUT2D eigenvalue weighted by Crippen LogP contribution is 2.43. The molecule has 0 heterocycles. The number of alkyl halides is 1. The summed E-state index contributed by atoms with van der Waals surface area (Å²) in [6.45, 7) is 18.5. The molecule has 0 atom stereocenters. The lowest BCUT2D eigenvalue weighted by molar-refractivity contribution is 0.227. The molecule has 0 aromatic heterocycles. The summed E-state index contributed by atoms with van der Waals surface area (Å²) in [5.74, 6) is 6.57. The number of rotatable bonds is 82. The molecule has 4 aromatic carbocycles. The molecule has 4 rings (SSSR count). The molecule has 9 nitrogen and oxygen atoms in total. The zero-order chi connectivity index (χ0) is 78.1. The molecular weight excluding hydrogens is 1380 g/mol. The Morgan fingerprint density at radius 3 is 0.545 bits per heavy atom. The van der Waals surface area contributed by atoms with Crippen molar-refractivity contribution in [2.24, 2.45) is 0 Å². The van der Waals surface area contributed by atoms with Gasteiger partial charge in [0.1, 0.15) is 19.8 Å². The number of hydrogen-bond donors (Lipinski definition) is 0. The van der Waals surface area contributed by atoms with Gasteiger partial charge in [-0.3, -0.25) is 0 Å². The van der Waals surface area contributed by atoms with E-state index in [-0.39, 0.29) is 25.7 Å². The molecule has 0 saturated carbocycles. The van der Waals surface area contributed by atoms with Crippen LogP contribution in [0.3, 0.4) is 0 Å². The van der Waals surface area contributed by atoms with E-state index < -0.39 is 0 Å². The first-order valence-corrected chi connectivity index (χ1v) is 47.8. The van der Waals surface area contributed by atoms with E-state index in [0.717, 1.165) is 115 Å². The Balaban J connectivity index is 1.63. The van der Waals surface area contributed by atoms with Crippen LogP contribution in [0.25, 0.3) is 0 Å². The molecule has 0 radical (unpaired) electrons. The van der Waals surface area contributed by atoms with Crippen molar-refractivity contribution in [2.75, 3.05) is 39.6 Å². The highest BCUT2D eigenvalue weighted by Gasteiger charge is 2.20. The number of halogens is 1. The van der Waals surface area contributed by atoms with Crippen LogP contribution in [0.2, 0.25) is 0 Å². The van der Waals surface area contributed by atoms with E-state index in [9.17, 15) is 0 Å². The van der Waals surface area contributed by atoms with Crippen molar-refractivity contribution in [1.82, 2.24) is 0 Å². The van der Waals surface area contributed by atoms with Gasteiger partial charge in [0.2, 0.25) is 5.75 Å². The molecule has 0 aliphatic rings. The smallest absolute Gasteiger partial charge is 0.203 e. The van der Waals surface area contributed by atoms with Gasteiger partial charge in [0, 0.05) is 5.88 Å². The maximum Gasteiger partial charge on any atom is 0.203 e. The summed E-state index contributed by atoms with van der Waals surface area (Å²) in [6.07, 6.45) is 76.9. The summed E-state index contributed by atoms with van der Waals surface area (Å²) < 4.78 is 60.8. The number of hydrogen-bond acceptors (Lipinski definition) is 9. The van der Waals surface area contributed by atoms with Crippen LogP contribution < -0.4 is 42.6 Å². The summed E-state index contributed by atoms with van der Waals surface area (Å²) in [4.78, 5) is 0. The van der Waals surface area contributed by atoms with Crippen molar-refractivity contribution < 1.29 is 42.6 Å². The van der Waals surface area contributed by atoms with Crippen LogP contribution in [0.5, 0.6) is 51.7 Å². The average molecular weight is 1550 g/mol. The molecule has 110 heavy (non-hydrogen) atoms. The molecule has 4 aromatic rings. The molecule has 0 aliphatic carbocycles. The Morgan fingerprint density at radius 2 is 0.345 bits per heavy atom. The fraction of sp³-hybridized carbons (Fsp3) is 0.760. The van der Waals surface area contributed by atoms with Gasteiger partial charge in [-0.25, -0.2) is 0 Å². The van der Waals surface area contributed by atoms with Crippen LogP contribution in [-0.2, 0) is 25.7 Å². The van der Waals surface area contributed by atoms with E-state index in [2.05, 4.69) is 96.1 Å². The van der Waals surface area contributed by atoms with Gasteiger partial charge in [0.05, 0.1) is 39.6 Å². The fourth-order valence-corrected chi connectivity index (χ4v) is 14.9. The standard InChI is InChI=1S/C100H169ClO9/c1-7-13-19-25-31-37-43-49-55-61-73-102-92-70-67-88(79-95(92)105-76-64-58-52-46-40-34-28-22-16-10-4)85-108-98-82-91(84-101)83-99(109-86-89-68-71-93(103-74-62-56-50-44-38-32-26-20-14-8-2)96(80-89)106-77-65-59-53-47-41-35-29-23-17-11-5)100(98)110-87-90-69-72-94(104-75-63-57-51-45-39-33-27-21-15-9-3)97(81-90)107-78-66-60-54-48-42-36-30-24-18-12-6/h67-72,79-83H,7-66,73-78,84-87H2,1-6H3. The quantitative estimate of drug-likeness (QED) is 0.0317. The van der Waals surface area contributed by atoms with Gasteiger partial charge in [-0.2, -0.15) is 0 Å². The Morgan fingerprint density at radius 1 is 0.173 bits per heavy atom. The maximum absolute atomic E-state index is 7.07. The van der Waals surface area contributed by atoms with Crippen molar-refractivity contribution in [3.05, 3.63) is 89.0 Å². The van der Waals surface area contributed by atoms with E-state index in [1.165, 1.54) is 327 Å². The van der Waals surface area contributed by atoms with E-state index in [4.69, 9.17) is 54.2 Å². The molecule has 10 heteroatoms. The van der Waals surface area contributed by atoms with Crippen LogP contribution in [0.1, 0.15) is 449 Å². The van der Waals surface area contributed by atoms with Crippen LogP contribution in [-0.4, -0.2) is 39.6 Å². The topological polar surface area (TPSA) is 83.1 Å². The predicted octanol–water partition coefficient (Wildman–Crippen LogP) is 33.0. The zero-order valence-electron chi connectivity index (χ0n) is 72.4. The van der Waals surface area contributed by atoms with E-state index >= 15 is 0 Å². The Hall–Kier alpha value is -4.63. The molecule has 0 bridgehead atoms.